The summed E-state index contributed by atoms with van der Waals surface area (Å²) in [6.07, 6.45) is 1.58. The van der Waals surface area contributed by atoms with Crippen LogP contribution in [0, 0.1) is 7.05 Å². The molecule has 0 aliphatic heterocycles. The van der Waals surface area contributed by atoms with Crippen LogP contribution < -0.4 is 0 Å². The van der Waals surface area contributed by atoms with Gasteiger partial charge in [-0.15, -0.1) is 7.05 Å². The Bertz CT molecular complexity index is 127. The standard InChI is InChI=1S/C5H13N.C4H5O.Y/c1-5-6(2,3)4;1-4(2)3-5;/h2,5H2,1,3-4H3;1H2,2H3;/q;-1;+3. The minimum atomic E-state index is 0. The molecule has 0 saturated carbocycles. The van der Waals surface area contributed by atoms with Gasteiger partial charge in [-0.2, -0.15) is 5.57 Å². The summed E-state index contributed by atoms with van der Waals surface area (Å²) in [6, 6.07) is 0. The third-order valence-corrected chi connectivity index (χ3v) is 1.03. The van der Waals surface area contributed by atoms with Gasteiger partial charge in [-0.3, -0.25) is 0 Å². The van der Waals surface area contributed by atoms with Crippen LogP contribution in [0.3, 0.4) is 0 Å². The van der Waals surface area contributed by atoms with Crippen molar-refractivity contribution in [1.29, 1.82) is 0 Å². The van der Waals surface area contributed by atoms with E-state index in [1.807, 2.05) is 0 Å². The largest absolute Gasteiger partial charge is 3.00 e. The molecule has 12 heavy (non-hydrogen) atoms. The summed E-state index contributed by atoms with van der Waals surface area (Å²) in [7, 11) is 7.97. The monoisotopic (exact) mass is 245 g/mol. The van der Waals surface area contributed by atoms with Crippen molar-refractivity contribution in [2.75, 3.05) is 20.6 Å². The molecule has 0 fully saturated rings. The van der Waals surface area contributed by atoms with Crippen molar-refractivity contribution in [3.8, 4) is 0 Å². The number of nitrogens with zero attached hydrogens (tertiary/aromatic N) is 1. The predicted molar refractivity (Wildman–Crippen MR) is 48.5 cm³/mol. The van der Waals surface area contributed by atoms with E-state index in [1.54, 1.807) is 13.2 Å². The van der Waals surface area contributed by atoms with Crippen LogP contribution in [0.5, 0.6) is 0 Å². The second-order valence-electron chi connectivity index (χ2n) is 3.13. The molecule has 66 valence electrons. The number of allylic oxidation sites excluding steroid dienone is 1. The molecule has 0 unspecified atom stereocenters. The van der Waals surface area contributed by atoms with Crippen LogP contribution in [0.25, 0.3) is 0 Å². The van der Waals surface area contributed by atoms with Crippen LogP contribution in [0.1, 0.15) is 13.8 Å². The summed E-state index contributed by atoms with van der Waals surface area (Å²) in [6.45, 7) is 8.07. The van der Waals surface area contributed by atoms with Gasteiger partial charge in [0, 0.05) is 14.1 Å². The van der Waals surface area contributed by atoms with Crippen molar-refractivity contribution in [2.45, 2.75) is 13.8 Å². The number of hydrogen-bond donors (Lipinski definition) is 0. The first-order valence-electron chi connectivity index (χ1n) is 3.54. The normalized spacial score (nSPS) is 8.75. The Morgan fingerprint density at radius 2 is 1.75 bits per heavy atom. The SMILES string of the molecule is C=C(C)[C-]=O.[CH2-][N+](C)(C)CC.[Y+3]. The van der Waals surface area contributed by atoms with Crippen LogP contribution in [0.4, 0.5) is 0 Å². The first-order valence-corrected chi connectivity index (χ1v) is 3.54. The quantitative estimate of drug-likeness (QED) is 0.410. The van der Waals surface area contributed by atoms with Crippen LogP contribution in [-0.4, -0.2) is 31.4 Å². The van der Waals surface area contributed by atoms with E-state index >= 15 is 0 Å². The van der Waals surface area contributed by atoms with Gasteiger partial charge >= 0.3 is 32.7 Å². The molecule has 0 atom stereocenters. The molecule has 0 saturated heterocycles. The second-order valence-corrected chi connectivity index (χ2v) is 3.13. The predicted octanol–water partition coefficient (Wildman–Crippen LogP) is 1.54. The maximum Gasteiger partial charge on any atom is 3.00 e. The van der Waals surface area contributed by atoms with E-state index in [-0.39, 0.29) is 32.7 Å². The zero-order chi connectivity index (χ0) is 9.49. The van der Waals surface area contributed by atoms with E-state index in [0.717, 1.165) is 11.0 Å². The topological polar surface area (TPSA) is 17.1 Å². The average molecular weight is 245 g/mol. The van der Waals surface area contributed by atoms with E-state index < -0.39 is 0 Å². The van der Waals surface area contributed by atoms with Gasteiger partial charge < -0.3 is 9.28 Å². The minimum absolute atomic E-state index is 0. The minimum Gasteiger partial charge on any atom is -0.462 e. The Morgan fingerprint density at radius 1 is 1.58 bits per heavy atom. The Morgan fingerprint density at radius 3 is 1.75 bits per heavy atom. The van der Waals surface area contributed by atoms with Gasteiger partial charge in [-0.25, -0.2) is 6.58 Å². The Hall–Kier alpha value is 0.474. The van der Waals surface area contributed by atoms with Gasteiger partial charge in [0.15, 0.2) is 0 Å². The summed E-state index contributed by atoms with van der Waals surface area (Å²) in [4.78, 5) is 9.28. The van der Waals surface area contributed by atoms with Gasteiger partial charge in [-0.05, 0) is 13.2 Å². The fourth-order valence-corrected chi connectivity index (χ4v) is 0. The molecule has 2 nitrogen and oxygen atoms in total. The summed E-state index contributed by atoms with van der Waals surface area (Å²) < 4.78 is 0.819. The Balaban J connectivity index is -0.000000126. The first kappa shape index (κ1) is 18.3. The summed E-state index contributed by atoms with van der Waals surface area (Å²) in [5, 5.41) is 0. The van der Waals surface area contributed by atoms with E-state index in [9.17, 15) is 4.79 Å². The van der Waals surface area contributed by atoms with Crippen molar-refractivity contribution in [3.05, 3.63) is 19.2 Å². The zero-order valence-electron chi connectivity index (χ0n) is 8.55. The molecule has 0 rings (SSSR count). The van der Waals surface area contributed by atoms with Crippen molar-refractivity contribution in [2.24, 2.45) is 0 Å². The van der Waals surface area contributed by atoms with Crippen LogP contribution in [0.15, 0.2) is 12.2 Å². The molecule has 0 radical (unpaired) electrons. The number of hydrogen-bond acceptors (Lipinski definition) is 1. The molecule has 0 aliphatic carbocycles. The molecule has 0 aromatic rings. The van der Waals surface area contributed by atoms with Gasteiger partial charge in [0.25, 0.3) is 0 Å². The fraction of sp³-hybridized carbons (Fsp3) is 0.556. The smallest absolute Gasteiger partial charge is 0.462 e. The van der Waals surface area contributed by atoms with E-state index in [1.165, 1.54) is 0 Å². The average Bonchev–Trinajstić information content (AvgIpc) is 1.88. The third-order valence-electron chi connectivity index (χ3n) is 1.03. The van der Waals surface area contributed by atoms with Gasteiger partial charge in [0.2, 0.25) is 0 Å². The molecule has 3 heteroatoms. The molecule has 0 aromatic heterocycles. The van der Waals surface area contributed by atoms with Gasteiger partial charge in [-0.1, -0.05) is 6.92 Å². The molecule has 0 spiro atoms. The zero-order valence-corrected chi connectivity index (χ0v) is 11.4. The Kier molecular flexibility index (Phi) is 14.6. The Labute approximate surface area is 101 Å². The van der Waals surface area contributed by atoms with E-state index in [2.05, 4.69) is 34.6 Å². The molecule has 0 aliphatic rings. The molecule has 0 amide bonds. The summed E-state index contributed by atoms with van der Waals surface area (Å²) >= 11 is 0. The number of rotatable bonds is 2. The maximum absolute atomic E-state index is 9.28. The molecular weight excluding hydrogens is 227 g/mol. The molecule has 0 heterocycles. The molecule has 0 bridgehead atoms. The maximum atomic E-state index is 9.28. The fourth-order valence-electron chi connectivity index (χ4n) is 0. The van der Waals surface area contributed by atoms with Crippen molar-refractivity contribution < 1.29 is 42.0 Å². The van der Waals surface area contributed by atoms with Crippen LogP contribution in [0.2, 0.25) is 0 Å². The second kappa shape index (κ2) is 9.56. The van der Waals surface area contributed by atoms with Crippen LogP contribution in [-0.2, 0) is 37.5 Å². The van der Waals surface area contributed by atoms with Crippen molar-refractivity contribution >= 4 is 6.29 Å². The third kappa shape index (κ3) is 31.4. The number of carbonyl (C=O) groups excluding carboxylic acids is 1. The number of quaternary nitrogens is 1. The van der Waals surface area contributed by atoms with Crippen molar-refractivity contribution in [3.63, 3.8) is 0 Å². The van der Waals surface area contributed by atoms with Crippen molar-refractivity contribution in [1.82, 2.24) is 0 Å². The van der Waals surface area contributed by atoms with Gasteiger partial charge in [0.1, 0.15) is 0 Å². The van der Waals surface area contributed by atoms with E-state index in [0.29, 0.717) is 5.57 Å². The molecular formula is C9H18NOY+2. The van der Waals surface area contributed by atoms with Crippen LogP contribution >= 0.6 is 0 Å². The van der Waals surface area contributed by atoms with E-state index in [4.69, 9.17) is 0 Å². The van der Waals surface area contributed by atoms with Gasteiger partial charge in [0.05, 0.1) is 6.54 Å². The molecule has 0 aromatic carbocycles. The molecule has 0 N–H and O–H groups in total. The summed E-state index contributed by atoms with van der Waals surface area (Å²) in [5.41, 5.74) is 0.449. The first-order chi connectivity index (χ1) is 4.83. The summed E-state index contributed by atoms with van der Waals surface area (Å²) in [5.74, 6) is 0.